The maximum Gasteiger partial charge on any atom is 0.437 e. The normalized spacial score (nSPS) is 20.3. The first kappa shape index (κ1) is 17.7. The van der Waals surface area contributed by atoms with Crippen LogP contribution in [0.4, 0.5) is 13.2 Å². The Balaban J connectivity index is 1.76. The van der Waals surface area contributed by atoms with Gasteiger partial charge in [-0.05, 0) is 26.2 Å². The summed E-state index contributed by atoms with van der Waals surface area (Å²) in [4.78, 5) is 11.8. The zero-order valence-corrected chi connectivity index (χ0v) is 12.6. The molecule has 130 valence electrons. The van der Waals surface area contributed by atoms with Gasteiger partial charge in [-0.2, -0.15) is 13.2 Å². The SMILES string of the molecule is CC(OCC1CCCCO1)C(=O)OCc1conc1C(F)(F)F. The zero-order chi connectivity index (χ0) is 16.9. The third-order valence-corrected chi connectivity index (χ3v) is 3.42. The first-order valence-electron chi connectivity index (χ1n) is 7.28. The molecule has 0 aromatic carbocycles. The molecule has 0 spiro atoms. The molecule has 1 aromatic rings. The van der Waals surface area contributed by atoms with Crippen molar-refractivity contribution in [3.05, 3.63) is 17.5 Å². The molecular weight excluding hydrogens is 319 g/mol. The number of alkyl halides is 3. The van der Waals surface area contributed by atoms with Gasteiger partial charge in [-0.15, -0.1) is 0 Å². The van der Waals surface area contributed by atoms with Crippen LogP contribution in [0.15, 0.2) is 10.8 Å². The van der Waals surface area contributed by atoms with Crippen LogP contribution in [-0.4, -0.2) is 36.5 Å². The van der Waals surface area contributed by atoms with Gasteiger partial charge in [0.05, 0.1) is 18.3 Å². The van der Waals surface area contributed by atoms with Crippen LogP contribution in [0.1, 0.15) is 37.4 Å². The predicted octanol–water partition coefficient (Wildman–Crippen LogP) is 2.71. The number of hydrogen-bond acceptors (Lipinski definition) is 6. The smallest absolute Gasteiger partial charge is 0.437 e. The molecule has 1 saturated heterocycles. The minimum atomic E-state index is -4.66. The van der Waals surface area contributed by atoms with Crippen molar-refractivity contribution in [1.82, 2.24) is 5.16 Å². The maximum absolute atomic E-state index is 12.6. The summed E-state index contributed by atoms with van der Waals surface area (Å²) in [5.41, 5.74) is -1.54. The van der Waals surface area contributed by atoms with Crippen LogP contribution in [-0.2, 0) is 31.8 Å². The number of ether oxygens (including phenoxy) is 3. The van der Waals surface area contributed by atoms with E-state index >= 15 is 0 Å². The molecule has 2 atom stereocenters. The fourth-order valence-electron chi connectivity index (χ4n) is 2.12. The number of aromatic nitrogens is 1. The Bertz CT molecular complexity index is 511. The topological polar surface area (TPSA) is 70.8 Å². The second-order valence-corrected chi connectivity index (χ2v) is 5.26. The van der Waals surface area contributed by atoms with Crippen molar-refractivity contribution in [2.75, 3.05) is 13.2 Å². The van der Waals surface area contributed by atoms with Crippen molar-refractivity contribution < 1.29 is 36.7 Å². The molecule has 0 radical (unpaired) electrons. The van der Waals surface area contributed by atoms with Crippen molar-refractivity contribution in [2.45, 2.75) is 51.2 Å². The lowest BCUT2D eigenvalue weighted by molar-refractivity contribution is -0.161. The summed E-state index contributed by atoms with van der Waals surface area (Å²) in [5, 5.41) is 2.87. The molecule has 2 rings (SSSR count). The number of hydrogen-bond donors (Lipinski definition) is 0. The van der Waals surface area contributed by atoms with E-state index in [9.17, 15) is 18.0 Å². The standard InChI is InChI=1S/C14H18F3NO5/c1-9(21-8-11-4-2-3-5-20-11)13(19)22-6-10-7-23-18-12(10)14(15,16)17/h7,9,11H,2-6,8H2,1H3. The van der Waals surface area contributed by atoms with E-state index in [0.29, 0.717) is 6.61 Å². The Morgan fingerprint density at radius 1 is 1.48 bits per heavy atom. The summed E-state index contributed by atoms with van der Waals surface area (Å²) in [7, 11) is 0. The molecule has 0 N–H and O–H groups in total. The molecule has 0 bridgehead atoms. The number of nitrogens with zero attached hydrogens (tertiary/aromatic N) is 1. The van der Waals surface area contributed by atoms with Crippen molar-refractivity contribution in [2.24, 2.45) is 0 Å². The fourth-order valence-corrected chi connectivity index (χ4v) is 2.12. The lowest BCUT2D eigenvalue weighted by atomic mass is 10.1. The Kier molecular flexibility index (Phi) is 6.00. The van der Waals surface area contributed by atoms with Crippen LogP contribution < -0.4 is 0 Å². The second-order valence-electron chi connectivity index (χ2n) is 5.26. The fraction of sp³-hybridized carbons (Fsp3) is 0.714. The highest BCUT2D eigenvalue weighted by Gasteiger charge is 2.37. The van der Waals surface area contributed by atoms with Crippen LogP contribution in [0.2, 0.25) is 0 Å². The van der Waals surface area contributed by atoms with Crippen molar-refractivity contribution in [3.8, 4) is 0 Å². The van der Waals surface area contributed by atoms with Gasteiger partial charge < -0.3 is 18.7 Å². The Hall–Kier alpha value is -1.61. The Morgan fingerprint density at radius 3 is 2.91 bits per heavy atom. The molecule has 0 saturated carbocycles. The molecule has 0 amide bonds. The summed E-state index contributed by atoms with van der Waals surface area (Å²) < 4.78 is 57.7. The third-order valence-electron chi connectivity index (χ3n) is 3.42. The van der Waals surface area contributed by atoms with Gasteiger partial charge in [0.15, 0.2) is 11.8 Å². The molecule has 1 aliphatic rings. The highest BCUT2D eigenvalue weighted by atomic mass is 19.4. The molecule has 1 aromatic heterocycles. The number of carbonyl (C=O) groups is 1. The van der Waals surface area contributed by atoms with E-state index in [0.717, 1.165) is 25.5 Å². The molecule has 2 unspecified atom stereocenters. The zero-order valence-electron chi connectivity index (χ0n) is 12.6. The van der Waals surface area contributed by atoms with Crippen LogP contribution >= 0.6 is 0 Å². The van der Waals surface area contributed by atoms with E-state index in [1.54, 1.807) is 0 Å². The molecular formula is C14H18F3NO5. The summed E-state index contributed by atoms with van der Waals surface area (Å²) in [6.07, 6.45) is -1.90. The van der Waals surface area contributed by atoms with Gasteiger partial charge in [0, 0.05) is 6.61 Å². The van der Waals surface area contributed by atoms with Crippen molar-refractivity contribution in [3.63, 3.8) is 0 Å². The number of rotatable bonds is 6. The molecule has 9 heteroatoms. The highest BCUT2D eigenvalue weighted by molar-refractivity contribution is 5.74. The van der Waals surface area contributed by atoms with E-state index in [1.807, 2.05) is 0 Å². The Morgan fingerprint density at radius 2 is 2.26 bits per heavy atom. The van der Waals surface area contributed by atoms with Gasteiger partial charge >= 0.3 is 12.1 Å². The van der Waals surface area contributed by atoms with E-state index in [-0.39, 0.29) is 18.3 Å². The highest BCUT2D eigenvalue weighted by Crippen LogP contribution is 2.31. The van der Waals surface area contributed by atoms with Crippen LogP contribution in [0.5, 0.6) is 0 Å². The molecule has 0 aliphatic carbocycles. The van der Waals surface area contributed by atoms with Crippen LogP contribution in [0.25, 0.3) is 0 Å². The first-order valence-corrected chi connectivity index (χ1v) is 7.28. The molecule has 1 aliphatic heterocycles. The van der Waals surface area contributed by atoms with Crippen molar-refractivity contribution in [1.29, 1.82) is 0 Å². The van der Waals surface area contributed by atoms with Gasteiger partial charge in [-0.25, -0.2) is 4.79 Å². The third kappa shape index (κ3) is 5.21. The minimum Gasteiger partial charge on any atom is -0.459 e. The summed E-state index contributed by atoms with van der Waals surface area (Å²) in [6.45, 7) is 1.81. The predicted molar refractivity (Wildman–Crippen MR) is 70.3 cm³/mol. The minimum absolute atomic E-state index is 0.0612. The Labute approximate surface area is 130 Å². The summed E-state index contributed by atoms with van der Waals surface area (Å²) in [6, 6.07) is 0. The molecule has 2 heterocycles. The summed E-state index contributed by atoms with van der Waals surface area (Å²) in [5.74, 6) is -0.755. The monoisotopic (exact) mass is 337 g/mol. The summed E-state index contributed by atoms with van der Waals surface area (Å²) >= 11 is 0. The molecule has 1 fully saturated rings. The first-order chi connectivity index (χ1) is 10.9. The number of carbonyl (C=O) groups excluding carboxylic acids is 1. The average Bonchev–Trinajstić information content (AvgIpc) is 3.00. The van der Waals surface area contributed by atoms with E-state index in [1.165, 1.54) is 6.92 Å². The lowest BCUT2D eigenvalue weighted by Crippen LogP contribution is -2.30. The number of esters is 1. The largest absolute Gasteiger partial charge is 0.459 e. The number of halogens is 3. The van der Waals surface area contributed by atoms with E-state index in [4.69, 9.17) is 14.2 Å². The van der Waals surface area contributed by atoms with Crippen LogP contribution in [0.3, 0.4) is 0 Å². The lowest BCUT2D eigenvalue weighted by Gasteiger charge is -2.23. The molecule has 23 heavy (non-hydrogen) atoms. The van der Waals surface area contributed by atoms with E-state index in [2.05, 4.69) is 9.68 Å². The van der Waals surface area contributed by atoms with Gasteiger partial charge in [0.1, 0.15) is 12.9 Å². The van der Waals surface area contributed by atoms with Crippen LogP contribution in [0, 0.1) is 0 Å². The molecule has 6 nitrogen and oxygen atoms in total. The van der Waals surface area contributed by atoms with Gasteiger partial charge in [-0.1, -0.05) is 5.16 Å². The van der Waals surface area contributed by atoms with Gasteiger partial charge in [0.25, 0.3) is 0 Å². The maximum atomic E-state index is 12.6. The quantitative estimate of drug-likeness (QED) is 0.743. The van der Waals surface area contributed by atoms with Gasteiger partial charge in [0.2, 0.25) is 0 Å². The van der Waals surface area contributed by atoms with E-state index < -0.39 is 30.6 Å². The average molecular weight is 337 g/mol. The van der Waals surface area contributed by atoms with Gasteiger partial charge in [-0.3, -0.25) is 0 Å². The second kappa shape index (κ2) is 7.78. The van der Waals surface area contributed by atoms with Crippen molar-refractivity contribution >= 4 is 5.97 Å².